The molecule has 3 N–H and O–H groups in total. The Hall–Kier alpha value is -3.34. The molecule has 1 unspecified atom stereocenters. The van der Waals surface area contributed by atoms with Gasteiger partial charge >= 0.3 is 0 Å². The zero-order valence-corrected chi connectivity index (χ0v) is 16.7. The van der Waals surface area contributed by atoms with Crippen molar-refractivity contribution in [1.29, 1.82) is 0 Å². The van der Waals surface area contributed by atoms with Gasteiger partial charge < -0.3 is 32.4 Å². The first-order chi connectivity index (χ1) is 14.2. The molecule has 0 fully saturated rings. The lowest BCUT2D eigenvalue weighted by atomic mass is 10.2. The second-order valence-corrected chi connectivity index (χ2v) is 6.05. The number of hydrogen-bond donors (Lipinski definition) is 3. The molecule has 0 saturated heterocycles. The summed E-state index contributed by atoms with van der Waals surface area (Å²) >= 11 is 0. The molecule has 0 aliphatic heterocycles. The number of aliphatic hydroxyl groups is 2. The maximum absolute atomic E-state index is 10.1. The molecule has 3 aromatic rings. The van der Waals surface area contributed by atoms with Gasteiger partial charge in [-0.05, 0) is 12.1 Å². The number of aromatic nitrogens is 3. The van der Waals surface area contributed by atoms with Crippen LogP contribution in [-0.4, -0.2) is 43.7 Å². The van der Waals surface area contributed by atoms with E-state index < -0.39 is 6.23 Å². The van der Waals surface area contributed by atoms with Gasteiger partial charge in [-0.1, -0.05) is 35.1 Å². The molecule has 0 amide bonds. The lowest BCUT2D eigenvalue weighted by molar-refractivity contribution is -0.757. The van der Waals surface area contributed by atoms with Crippen LogP contribution in [0.3, 0.4) is 0 Å². The topological polar surface area (TPSA) is 124 Å². The van der Waals surface area contributed by atoms with Crippen LogP contribution in [0.4, 0.5) is 0 Å². The SMILES string of the molecule is OCCn1ccc(=NN=C(N=NCC(O)[n+]2ccn(O)c2)c2ccccc2)cc1.[Cl-]. The largest absolute Gasteiger partial charge is 1.00 e. The summed E-state index contributed by atoms with van der Waals surface area (Å²) in [6.07, 6.45) is 6.85. The van der Waals surface area contributed by atoms with E-state index in [1.165, 1.54) is 23.3 Å². The highest BCUT2D eigenvalue weighted by atomic mass is 35.5. The number of amidine groups is 1. The molecule has 1 aromatic carbocycles. The highest BCUT2D eigenvalue weighted by Crippen LogP contribution is 2.04. The van der Waals surface area contributed by atoms with E-state index >= 15 is 0 Å². The molecule has 0 spiro atoms. The van der Waals surface area contributed by atoms with E-state index in [1.807, 2.05) is 34.9 Å². The maximum atomic E-state index is 10.1. The van der Waals surface area contributed by atoms with Crippen LogP contribution >= 0.6 is 0 Å². The van der Waals surface area contributed by atoms with Gasteiger partial charge in [-0.25, -0.2) is 4.57 Å². The second kappa shape index (κ2) is 11.6. The number of pyridine rings is 1. The highest BCUT2D eigenvalue weighted by Gasteiger charge is 2.13. The average molecular weight is 432 g/mol. The first-order valence-electron chi connectivity index (χ1n) is 8.93. The van der Waals surface area contributed by atoms with Gasteiger partial charge in [-0.3, -0.25) is 0 Å². The van der Waals surface area contributed by atoms with Crippen molar-refractivity contribution in [2.75, 3.05) is 13.2 Å². The van der Waals surface area contributed by atoms with Gasteiger partial charge in [0.1, 0.15) is 12.7 Å². The molecule has 1 atom stereocenters. The number of imidazole rings is 1. The maximum Gasteiger partial charge on any atom is 0.286 e. The lowest BCUT2D eigenvalue weighted by Gasteiger charge is -2.02. The summed E-state index contributed by atoms with van der Waals surface area (Å²) in [5.41, 5.74) is 0.731. The minimum atomic E-state index is -0.975. The number of azo groups is 1. The number of benzene rings is 1. The lowest BCUT2D eigenvalue weighted by Crippen LogP contribution is -3.00. The molecule has 3 rings (SSSR count). The Morgan fingerprint density at radius 1 is 1.07 bits per heavy atom. The van der Waals surface area contributed by atoms with E-state index in [0.717, 1.165) is 10.3 Å². The van der Waals surface area contributed by atoms with Crippen LogP contribution < -0.4 is 22.3 Å². The third-order valence-corrected chi connectivity index (χ3v) is 3.92. The van der Waals surface area contributed by atoms with Crippen molar-refractivity contribution in [2.24, 2.45) is 20.4 Å². The van der Waals surface area contributed by atoms with E-state index in [0.29, 0.717) is 17.7 Å². The summed E-state index contributed by atoms with van der Waals surface area (Å²) in [6, 6.07) is 12.8. The van der Waals surface area contributed by atoms with Crippen LogP contribution in [0.2, 0.25) is 0 Å². The Kier molecular flexibility index (Phi) is 8.88. The first-order valence-corrected chi connectivity index (χ1v) is 8.93. The van der Waals surface area contributed by atoms with Crippen LogP contribution in [0.5, 0.6) is 0 Å². The Labute approximate surface area is 178 Å². The van der Waals surface area contributed by atoms with E-state index in [9.17, 15) is 10.3 Å². The summed E-state index contributed by atoms with van der Waals surface area (Å²) in [6.45, 7) is 0.547. The fourth-order valence-electron chi connectivity index (χ4n) is 2.42. The van der Waals surface area contributed by atoms with Gasteiger partial charge in [0.2, 0.25) is 12.1 Å². The number of aliphatic hydroxyl groups excluding tert-OH is 2. The number of nitrogens with zero attached hydrogens (tertiary/aromatic N) is 7. The normalized spacial score (nSPS) is 12.5. The van der Waals surface area contributed by atoms with Crippen LogP contribution in [-0.2, 0) is 6.54 Å². The summed E-state index contributed by atoms with van der Waals surface area (Å²) in [5.74, 6) is 0.301. The highest BCUT2D eigenvalue weighted by molar-refractivity contribution is 5.98. The Morgan fingerprint density at radius 2 is 1.80 bits per heavy atom. The van der Waals surface area contributed by atoms with Crippen molar-refractivity contribution in [1.82, 2.24) is 9.30 Å². The molecule has 2 aromatic heterocycles. The summed E-state index contributed by atoms with van der Waals surface area (Å²) in [4.78, 5) is 0. The molecule has 0 aliphatic rings. The molecule has 0 saturated carbocycles. The third-order valence-electron chi connectivity index (χ3n) is 3.92. The van der Waals surface area contributed by atoms with Crippen molar-refractivity contribution in [3.8, 4) is 0 Å². The molecule has 10 nitrogen and oxygen atoms in total. The summed E-state index contributed by atoms with van der Waals surface area (Å²) < 4.78 is 4.06. The number of halogens is 1. The standard InChI is InChI=1S/C19H22N7O3.ClH/c27-13-12-24-8-6-17(7-9-24)21-23-19(16-4-2-1-3-5-16)22-20-14-18(28)25-10-11-26(29)15-25;/h1-11,15,18,27-29H,12-14H2;1H/q+1;/p-1. The fraction of sp³-hybridized carbons (Fsp3) is 0.211. The van der Waals surface area contributed by atoms with Crippen molar-refractivity contribution < 1.29 is 32.4 Å². The Morgan fingerprint density at radius 3 is 2.43 bits per heavy atom. The van der Waals surface area contributed by atoms with Gasteiger partial charge in [0.25, 0.3) is 6.33 Å². The fourth-order valence-corrected chi connectivity index (χ4v) is 2.42. The van der Waals surface area contributed by atoms with Crippen LogP contribution in [0.1, 0.15) is 11.8 Å². The van der Waals surface area contributed by atoms with Crippen LogP contribution in [0.25, 0.3) is 0 Å². The monoisotopic (exact) mass is 431 g/mol. The molecular weight excluding hydrogens is 410 g/mol. The van der Waals surface area contributed by atoms with Crippen molar-refractivity contribution in [3.63, 3.8) is 0 Å². The molecule has 158 valence electrons. The van der Waals surface area contributed by atoms with Crippen LogP contribution in [0, 0.1) is 0 Å². The molecule has 0 aliphatic carbocycles. The Balaban J connectivity index is 0.00000320. The predicted molar refractivity (Wildman–Crippen MR) is 103 cm³/mol. The molecule has 2 heterocycles. The minimum Gasteiger partial charge on any atom is -1.00 e. The van der Waals surface area contributed by atoms with Gasteiger partial charge in [-0.2, -0.15) is 5.11 Å². The number of hydrogen-bond acceptors (Lipinski definition) is 6. The first kappa shape index (κ1) is 22.9. The van der Waals surface area contributed by atoms with Gasteiger partial charge in [0.05, 0.1) is 12.0 Å². The van der Waals surface area contributed by atoms with Crippen molar-refractivity contribution >= 4 is 5.84 Å². The number of rotatable bonds is 7. The zero-order chi connectivity index (χ0) is 20.5. The third kappa shape index (κ3) is 6.62. The summed E-state index contributed by atoms with van der Waals surface area (Å²) in [7, 11) is 0. The molecule has 11 heteroatoms. The van der Waals surface area contributed by atoms with Crippen molar-refractivity contribution in [3.05, 3.63) is 84.5 Å². The molecule has 30 heavy (non-hydrogen) atoms. The average Bonchev–Trinajstić information content (AvgIpc) is 3.19. The minimum absolute atomic E-state index is 0. The van der Waals surface area contributed by atoms with Gasteiger partial charge in [-0.15, -0.1) is 15.3 Å². The van der Waals surface area contributed by atoms with E-state index in [2.05, 4.69) is 20.4 Å². The smallest absolute Gasteiger partial charge is 0.286 e. The Bertz CT molecular complexity index is 1030. The van der Waals surface area contributed by atoms with Crippen LogP contribution in [0.15, 0.2) is 94.0 Å². The molecule has 0 radical (unpaired) electrons. The van der Waals surface area contributed by atoms with E-state index in [-0.39, 0.29) is 25.6 Å². The molecular formula is C19H22ClN7O3. The van der Waals surface area contributed by atoms with Gasteiger partial charge in [0, 0.05) is 24.5 Å². The summed E-state index contributed by atoms with van der Waals surface area (Å²) in [5, 5.41) is 45.5. The zero-order valence-electron chi connectivity index (χ0n) is 16.0. The molecule has 0 bridgehead atoms. The van der Waals surface area contributed by atoms with E-state index in [4.69, 9.17) is 5.11 Å². The van der Waals surface area contributed by atoms with E-state index in [1.54, 1.807) is 24.5 Å². The second-order valence-electron chi connectivity index (χ2n) is 6.05. The van der Waals surface area contributed by atoms with Gasteiger partial charge in [0.15, 0.2) is 6.20 Å². The predicted octanol–water partition coefficient (Wildman–Crippen LogP) is -2.28. The quantitative estimate of drug-likeness (QED) is 0.0974. The van der Waals surface area contributed by atoms with Crippen molar-refractivity contribution in [2.45, 2.75) is 12.8 Å².